The van der Waals surface area contributed by atoms with Gasteiger partial charge in [0.2, 0.25) is 0 Å². The van der Waals surface area contributed by atoms with Gasteiger partial charge >= 0.3 is 0 Å². The zero-order valence-electron chi connectivity index (χ0n) is 9.04. The lowest BCUT2D eigenvalue weighted by Crippen LogP contribution is -2.39. The molecule has 0 radical (unpaired) electrons. The van der Waals surface area contributed by atoms with Crippen LogP contribution in [0.3, 0.4) is 0 Å². The molecule has 0 aromatic carbocycles. The molecule has 0 bridgehead atoms. The molecule has 0 amide bonds. The van der Waals surface area contributed by atoms with E-state index in [-0.39, 0.29) is 6.04 Å². The summed E-state index contributed by atoms with van der Waals surface area (Å²) in [4.78, 5) is 2.36. The molecule has 1 unspecified atom stereocenters. The van der Waals surface area contributed by atoms with Gasteiger partial charge in [0.15, 0.2) is 0 Å². The summed E-state index contributed by atoms with van der Waals surface area (Å²) in [5.74, 6) is 2.45. The summed E-state index contributed by atoms with van der Waals surface area (Å²) in [5, 5.41) is 8.97. The van der Waals surface area contributed by atoms with E-state index in [1.807, 2.05) is 11.8 Å². The Morgan fingerprint density at radius 2 is 2.36 bits per heavy atom. The van der Waals surface area contributed by atoms with E-state index in [4.69, 9.17) is 5.26 Å². The first kappa shape index (κ1) is 11.9. The van der Waals surface area contributed by atoms with Crippen molar-refractivity contribution in [1.82, 2.24) is 4.90 Å². The molecule has 0 aromatic rings. The second-order valence-corrected chi connectivity index (χ2v) is 5.12. The summed E-state index contributed by atoms with van der Waals surface area (Å²) in [6, 6.07) is 2.62. The quantitative estimate of drug-likeness (QED) is 0.655. The first-order chi connectivity index (χ1) is 6.88. The first-order valence-corrected chi connectivity index (χ1v) is 6.75. The van der Waals surface area contributed by atoms with Gasteiger partial charge in [-0.25, -0.2) is 0 Å². The van der Waals surface area contributed by atoms with Crippen LogP contribution in [0.2, 0.25) is 0 Å². The monoisotopic (exact) mass is 212 g/mol. The fourth-order valence-electron chi connectivity index (χ4n) is 1.92. The van der Waals surface area contributed by atoms with Crippen molar-refractivity contribution in [2.45, 2.75) is 38.6 Å². The third-order valence-electron chi connectivity index (χ3n) is 2.70. The normalized spacial score (nSPS) is 23.3. The zero-order chi connectivity index (χ0) is 10.2. The molecule has 1 aliphatic heterocycles. The lowest BCUT2D eigenvalue weighted by atomic mass is 10.0. The maximum absolute atomic E-state index is 8.97. The molecular formula is C11H20N2S. The van der Waals surface area contributed by atoms with E-state index >= 15 is 0 Å². The largest absolute Gasteiger partial charge is 0.288 e. The number of piperidine rings is 1. The minimum atomic E-state index is 0.204. The van der Waals surface area contributed by atoms with Crippen LogP contribution in [0.25, 0.3) is 0 Å². The molecule has 80 valence electrons. The standard InChI is InChI=1S/C11H20N2S/c1-2-14-9-5-8-13-7-4-3-6-11(13)10-12/h11H,2-9H2,1H3. The third kappa shape index (κ3) is 3.89. The highest BCUT2D eigenvalue weighted by molar-refractivity contribution is 7.99. The summed E-state index contributed by atoms with van der Waals surface area (Å²) in [6.45, 7) is 4.45. The number of hydrogen-bond acceptors (Lipinski definition) is 3. The van der Waals surface area contributed by atoms with Crippen LogP contribution in [-0.2, 0) is 0 Å². The van der Waals surface area contributed by atoms with E-state index in [0.717, 1.165) is 19.5 Å². The van der Waals surface area contributed by atoms with Crippen LogP contribution in [0.4, 0.5) is 0 Å². The molecule has 0 aliphatic carbocycles. The Hall–Kier alpha value is -0.200. The molecule has 1 rings (SSSR count). The van der Waals surface area contributed by atoms with Gasteiger partial charge in [-0.15, -0.1) is 0 Å². The van der Waals surface area contributed by atoms with Crippen LogP contribution < -0.4 is 0 Å². The van der Waals surface area contributed by atoms with E-state index in [2.05, 4.69) is 17.9 Å². The van der Waals surface area contributed by atoms with Crippen molar-refractivity contribution >= 4 is 11.8 Å². The summed E-state index contributed by atoms with van der Waals surface area (Å²) in [6.07, 6.45) is 4.83. The van der Waals surface area contributed by atoms with E-state index in [9.17, 15) is 0 Å². The van der Waals surface area contributed by atoms with Crippen LogP contribution in [-0.4, -0.2) is 35.5 Å². The number of rotatable bonds is 5. The van der Waals surface area contributed by atoms with Crippen molar-refractivity contribution in [3.05, 3.63) is 0 Å². The Labute approximate surface area is 91.7 Å². The molecule has 3 heteroatoms. The van der Waals surface area contributed by atoms with Crippen molar-refractivity contribution in [2.75, 3.05) is 24.6 Å². The van der Waals surface area contributed by atoms with Crippen molar-refractivity contribution < 1.29 is 0 Å². The molecule has 1 aliphatic rings. The summed E-state index contributed by atoms with van der Waals surface area (Å²) < 4.78 is 0. The van der Waals surface area contributed by atoms with Crippen molar-refractivity contribution in [2.24, 2.45) is 0 Å². The highest BCUT2D eigenvalue weighted by Gasteiger charge is 2.20. The SMILES string of the molecule is CCSCCCN1CCCCC1C#N. The van der Waals surface area contributed by atoms with Gasteiger partial charge in [-0.2, -0.15) is 17.0 Å². The smallest absolute Gasteiger partial charge is 0.0977 e. The van der Waals surface area contributed by atoms with E-state index in [0.29, 0.717) is 0 Å². The van der Waals surface area contributed by atoms with Gasteiger partial charge in [-0.3, -0.25) is 4.90 Å². The van der Waals surface area contributed by atoms with Gasteiger partial charge in [-0.1, -0.05) is 6.92 Å². The minimum absolute atomic E-state index is 0.204. The Bertz CT molecular complexity index is 188. The molecular weight excluding hydrogens is 192 g/mol. The van der Waals surface area contributed by atoms with Crippen LogP contribution in [0.1, 0.15) is 32.6 Å². The molecule has 1 fully saturated rings. The molecule has 1 saturated heterocycles. The number of likely N-dealkylation sites (tertiary alicyclic amines) is 1. The fourth-order valence-corrected chi connectivity index (χ4v) is 2.54. The summed E-state index contributed by atoms with van der Waals surface area (Å²) in [7, 11) is 0. The van der Waals surface area contributed by atoms with Crippen molar-refractivity contribution in [3.63, 3.8) is 0 Å². The maximum Gasteiger partial charge on any atom is 0.0977 e. The third-order valence-corrected chi connectivity index (χ3v) is 3.69. The number of nitrogens with zero attached hydrogens (tertiary/aromatic N) is 2. The highest BCUT2D eigenvalue weighted by Crippen LogP contribution is 2.16. The Morgan fingerprint density at radius 1 is 1.50 bits per heavy atom. The maximum atomic E-state index is 8.97. The molecule has 1 heterocycles. The Kier molecular flexibility index (Phi) is 6.05. The first-order valence-electron chi connectivity index (χ1n) is 5.60. The van der Waals surface area contributed by atoms with Crippen LogP contribution >= 0.6 is 11.8 Å². The molecule has 0 spiro atoms. The molecule has 2 nitrogen and oxygen atoms in total. The number of hydrogen-bond donors (Lipinski definition) is 0. The fraction of sp³-hybridized carbons (Fsp3) is 0.909. The van der Waals surface area contributed by atoms with E-state index in [1.165, 1.54) is 30.8 Å². The lowest BCUT2D eigenvalue weighted by Gasteiger charge is -2.31. The second-order valence-electron chi connectivity index (χ2n) is 3.73. The number of nitriles is 1. The molecule has 0 saturated carbocycles. The Morgan fingerprint density at radius 3 is 3.07 bits per heavy atom. The van der Waals surface area contributed by atoms with E-state index in [1.54, 1.807) is 0 Å². The minimum Gasteiger partial charge on any atom is -0.288 e. The van der Waals surface area contributed by atoms with E-state index < -0.39 is 0 Å². The predicted molar refractivity (Wildman–Crippen MR) is 62.4 cm³/mol. The van der Waals surface area contributed by atoms with Crippen LogP contribution in [0.15, 0.2) is 0 Å². The summed E-state index contributed by atoms with van der Waals surface area (Å²) >= 11 is 2.00. The van der Waals surface area contributed by atoms with Gasteiger partial charge < -0.3 is 0 Å². The van der Waals surface area contributed by atoms with Crippen molar-refractivity contribution in [3.8, 4) is 6.07 Å². The Balaban J connectivity index is 2.17. The molecule has 0 aromatic heterocycles. The highest BCUT2D eigenvalue weighted by atomic mass is 32.2. The molecule has 0 N–H and O–H groups in total. The van der Waals surface area contributed by atoms with Gasteiger partial charge in [0.25, 0.3) is 0 Å². The topological polar surface area (TPSA) is 27.0 Å². The summed E-state index contributed by atoms with van der Waals surface area (Å²) in [5.41, 5.74) is 0. The van der Waals surface area contributed by atoms with Gasteiger partial charge in [0, 0.05) is 6.54 Å². The van der Waals surface area contributed by atoms with Crippen molar-refractivity contribution in [1.29, 1.82) is 5.26 Å². The van der Waals surface area contributed by atoms with Gasteiger partial charge in [-0.05, 0) is 43.7 Å². The average molecular weight is 212 g/mol. The number of thioether (sulfide) groups is 1. The van der Waals surface area contributed by atoms with Crippen LogP contribution in [0, 0.1) is 11.3 Å². The lowest BCUT2D eigenvalue weighted by molar-refractivity contribution is 0.185. The molecule has 14 heavy (non-hydrogen) atoms. The zero-order valence-corrected chi connectivity index (χ0v) is 9.85. The van der Waals surface area contributed by atoms with Gasteiger partial charge in [0.05, 0.1) is 12.1 Å². The van der Waals surface area contributed by atoms with Crippen LogP contribution in [0.5, 0.6) is 0 Å². The van der Waals surface area contributed by atoms with Gasteiger partial charge in [0.1, 0.15) is 0 Å². The second kappa shape index (κ2) is 7.14. The average Bonchev–Trinajstić information content (AvgIpc) is 2.25. The predicted octanol–water partition coefficient (Wildman–Crippen LogP) is 2.51. The molecule has 1 atom stereocenters.